The Balaban J connectivity index is 2.78. The molecule has 0 radical (unpaired) electrons. The molecule has 0 aliphatic heterocycles. The number of oxazole rings is 1. The molecular formula is C7H11NO2. The van der Waals surface area contributed by atoms with Gasteiger partial charge >= 0.3 is 0 Å². The van der Waals surface area contributed by atoms with E-state index in [0.717, 1.165) is 6.42 Å². The van der Waals surface area contributed by atoms with Crippen molar-refractivity contribution in [1.82, 2.24) is 4.98 Å². The highest BCUT2D eigenvalue weighted by Gasteiger charge is 2.05. The van der Waals surface area contributed by atoms with E-state index in [1.165, 1.54) is 0 Å². The van der Waals surface area contributed by atoms with Gasteiger partial charge in [-0.1, -0.05) is 6.92 Å². The van der Waals surface area contributed by atoms with Crippen LogP contribution in [0.5, 0.6) is 0 Å². The van der Waals surface area contributed by atoms with Crippen molar-refractivity contribution in [3.05, 3.63) is 17.8 Å². The van der Waals surface area contributed by atoms with Crippen LogP contribution in [0.1, 0.15) is 31.6 Å². The molecule has 0 aliphatic carbocycles. The van der Waals surface area contributed by atoms with Gasteiger partial charge in [-0.25, -0.2) is 4.98 Å². The number of aliphatic hydroxyl groups excluding tert-OH is 1. The lowest BCUT2D eigenvalue weighted by molar-refractivity contribution is 0.167. The van der Waals surface area contributed by atoms with Crippen molar-refractivity contribution in [1.29, 1.82) is 0 Å². The first kappa shape index (κ1) is 7.28. The van der Waals surface area contributed by atoms with Crippen LogP contribution < -0.4 is 0 Å². The molecule has 1 aromatic heterocycles. The molecule has 1 aromatic rings. The molecule has 0 saturated heterocycles. The minimum atomic E-state index is -0.548. The Morgan fingerprint density at radius 3 is 2.80 bits per heavy atom. The Morgan fingerprint density at radius 2 is 2.50 bits per heavy atom. The summed E-state index contributed by atoms with van der Waals surface area (Å²) in [5.41, 5.74) is 0. The minimum Gasteiger partial charge on any atom is -0.443 e. The number of nitrogens with zero attached hydrogens (tertiary/aromatic N) is 1. The third-order valence-corrected chi connectivity index (χ3v) is 1.29. The van der Waals surface area contributed by atoms with E-state index in [2.05, 4.69) is 4.98 Å². The summed E-state index contributed by atoms with van der Waals surface area (Å²) in [6.07, 6.45) is 1.78. The summed E-state index contributed by atoms with van der Waals surface area (Å²) in [6.45, 7) is 3.61. The van der Waals surface area contributed by atoms with Crippen molar-refractivity contribution >= 4 is 0 Å². The van der Waals surface area contributed by atoms with E-state index in [4.69, 9.17) is 9.52 Å². The number of aliphatic hydroxyl groups is 1. The predicted octanol–water partition coefficient (Wildman–Crippen LogP) is 1.29. The highest BCUT2D eigenvalue weighted by Crippen LogP contribution is 2.12. The molecule has 3 heteroatoms. The zero-order valence-electron chi connectivity index (χ0n) is 6.16. The summed E-state index contributed by atoms with van der Waals surface area (Å²) >= 11 is 0. The van der Waals surface area contributed by atoms with E-state index in [1.54, 1.807) is 13.1 Å². The number of aryl methyl sites for hydroxylation is 1. The summed E-state index contributed by atoms with van der Waals surface area (Å²) in [7, 11) is 0. The van der Waals surface area contributed by atoms with Gasteiger partial charge in [-0.2, -0.15) is 0 Å². The molecule has 1 N–H and O–H groups in total. The molecule has 0 aliphatic rings. The molecule has 10 heavy (non-hydrogen) atoms. The average Bonchev–Trinajstić information content (AvgIpc) is 2.34. The lowest BCUT2D eigenvalue weighted by atomic mass is 10.3. The van der Waals surface area contributed by atoms with Crippen molar-refractivity contribution in [2.75, 3.05) is 0 Å². The van der Waals surface area contributed by atoms with Gasteiger partial charge in [0.2, 0.25) is 0 Å². The fourth-order valence-corrected chi connectivity index (χ4v) is 0.681. The summed E-state index contributed by atoms with van der Waals surface area (Å²) in [6, 6.07) is 0. The van der Waals surface area contributed by atoms with Gasteiger partial charge in [0.05, 0.1) is 6.20 Å². The standard InChI is InChI=1S/C7H11NO2/c1-3-7-8-4-6(10-7)5(2)9/h4-5,9H,3H2,1-2H3. The van der Waals surface area contributed by atoms with Gasteiger partial charge in [0, 0.05) is 6.42 Å². The maximum atomic E-state index is 9.00. The van der Waals surface area contributed by atoms with E-state index in [1.807, 2.05) is 6.92 Å². The van der Waals surface area contributed by atoms with E-state index < -0.39 is 6.10 Å². The quantitative estimate of drug-likeness (QED) is 0.675. The monoisotopic (exact) mass is 141 g/mol. The third-order valence-electron chi connectivity index (χ3n) is 1.29. The molecule has 1 heterocycles. The number of aromatic nitrogens is 1. The van der Waals surface area contributed by atoms with Gasteiger partial charge in [-0.3, -0.25) is 0 Å². The number of hydrogen-bond donors (Lipinski definition) is 1. The predicted molar refractivity (Wildman–Crippen MR) is 36.5 cm³/mol. The Labute approximate surface area is 59.7 Å². The van der Waals surface area contributed by atoms with Gasteiger partial charge in [0.1, 0.15) is 6.10 Å². The van der Waals surface area contributed by atoms with Crippen molar-refractivity contribution in [2.45, 2.75) is 26.4 Å². The van der Waals surface area contributed by atoms with Gasteiger partial charge < -0.3 is 9.52 Å². The van der Waals surface area contributed by atoms with E-state index in [9.17, 15) is 0 Å². The first-order chi connectivity index (χ1) is 4.74. The van der Waals surface area contributed by atoms with E-state index in [0.29, 0.717) is 11.7 Å². The Bertz CT molecular complexity index is 205. The summed E-state index contributed by atoms with van der Waals surface area (Å²) in [5, 5.41) is 9.00. The van der Waals surface area contributed by atoms with Crippen LogP contribution in [-0.2, 0) is 6.42 Å². The van der Waals surface area contributed by atoms with E-state index in [-0.39, 0.29) is 0 Å². The van der Waals surface area contributed by atoms with Crippen molar-refractivity contribution in [3.8, 4) is 0 Å². The molecule has 1 atom stereocenters. The van der Waals surface area contributed by atoms with Crippen molar-refractivity contribution in [2.24, 2.45) is 0 Å². The van der Waals surface area contributed by atoms with Crippen molar-refractivity contribution < 1.29 is 9.52 Å². The van der Waals surface area contributed by atoms with Gasteiger partial charge in [0.15, 0.2) is 11.7 Å². The van der Waals surface area contributed by atoms with Crippen LogP contribution >= 0.6 is 0 Å². The molecule has 0 spiro atoms. The van der Waals surface area contributed by atoms with E-state index >= 15 is 0 Å². The first-order valence-corrected chi connectivity index (χ1v) is 3.36. The second kappa shape index (κ2) is 2.84. The normalized spacial score (nSPS) is 13.5. The highest BCUT2D eigenvalue weighted by atomic mass is 16.4. The molecule has 0 amide bonds. The van der Waals surface area contributed by atoms with Crippen LogP contribution in [0, 0.1) is 0 Å². The van der Waals surface area contributed by atoms with Crippen LogP contribution in [0.2, 0.25) is 0 Å². The van der Waals surface area contributed by atoms with Gasteiger partial charge in [-0.05, 0) is 6.92 Å². The molecule has 56 valence electrons. The fraction of sp³-hybridized carbons (Fsp3) is 0.571. The minimum absolute atomic E-state index is 0.539. The Morgan fingerprint density at radius 1 is 1.80 bits per heavy atom. The molecule has 0 fully saturated rings. The van der Waals surface area contributed by atoms with Crippen LogP contribution in [-0.4, -0.2) is 10.1 Å². The smallest absolute Gasteiger partial charge is 0.194 e. The maximum absolute atomic E-state index is 9.00. The topological polar surface area (TPSA) is 46.3 Å². The number of rotatable bonds is 2. The van der Waals surface area contributed by atoms with Crippen LogP contribution in [0.4, 0.5) is 0 Å². The highest BCUT2D eigenvalue weighted by molar-refractivity contribution is 4.96. The maximum Gasteiger partial charge on any atom is 0.194 e. The Kier molecular flexibility index (Phi) is 2.06. The molecule has 1 rings (SSSR count). The lowest BCUT2D eigenvalue weighted by Gasteiger charge is -1.94. The lowest BCUT2D eigenvalue weighted by Crippen LogP contribution is -1.85. The molecular weight excluding hydrogens is 130 g/mol. The summed E-state index contributed by atoms with van der Waals surface area (Å²) in [5.74, 6) is 1.22. The summed E-state index contributed by atoms with van der Waals surface area (Å²) < 4.78 is 5.13. The number of hydrogen-bond acceptors (Lipinski definition) is 3. The Hall–Kier alpha value is -0.830. The second-order valence-corrected chi connectivity index (χ2v) is 2.19. The first-order valence-electron chi connectivity index (χ1n) is 3.36. The molecule has 0 saturated carbocycles. The second-order valence-electron chi connectivity index (χ2n) is 2.19. The zero-order valence-corrected chi connectivity index (χ0v) is 6.16. The molecule has 0 aromatic carbocycles. The van der Waals surface area contributed by atoms with Crippen LogP contribution in [0.3, 0.4) is 0 Å². The van der Waals surface area contributed by atoms with Gasteiger partial charge in [-0.15, -0.1) is 0 Å². The zero-order chi connectivity index (χ0) is 7.56. The molecule has 1 unspecified atom stereocenters. The van der Waals surface area contributed by atoms with Crippen molar-refractivity contribution in [3.63, 3.8) is 0 Å². The van der Waals surface area contributed by atoms with Crippen LogP contribution in [0.15, 0.2) is 10.6 Å². The summed E-state index contributed by atoms with van der Waals surface area (Å²) in [4.78, 5) is 3.93. The fourth-order valence-electron chi connectivity index (χ4n) is 0.681. The van der Waals surface area contributed by atoms with Crippen LogP contribution in [0.25, 0.3) is 0 Å². The third kappa shape index (κ3) is 1.36. The molecule has 0 bridgehead atoms. The SMILES string of the molecule is CCc1ncc(C(C)O)o1. The average molecular weight is 141 g/mol. The largest absolute Gasteiger partial charge is 0.443 e. The molecule has 3 nitrogen and oxygen atoms in total. The van der Waals surface area contributed by atoms with Gasteiger partial charge in [0.25, 0.3) is 0 Å².